The van der Waals surface area contributed by atoms with Crippen LogP contribution in [0.4, 0.5) is 0 Å². The van der Waals surface area contributed by atoms with Crippen LogP contribution >= 0.6 is 0 Å². The number of carbonyl (C=O) groups is 1. The normalized spacial score (nSPS) is 29.4. The Kier molecular flexibility index (Phi) is 4.97. The van der Waals surface area contributed by atoms with Crippen molar-refractivity contribution in [2.24, 2.45) is 5.92 Å². The molecule has 18 heavy (non-hydrogen) atoms. The van der Waals surface area contributed by atoms with E-state index in [0.717, 1.165) is 32.0 Å². The van der Waals surface area contributed by atoms with Gasteiger partial charge in [-0.25, -0.2) is 0 Å². The Balaban J connectivity index is 1.82. The van der Waals surface area contributed by atoms with Crippen LogP contribution in [-0.2, 0) is 4.79 Å². The van der Waals surface area contributed by atoms with Crippen LogP contribution in [0.5, 0.6) is 0 Å². The molecule has 104 valence electrons. The largest absolute Gasteiger partial charge is 0.481 e. The van der Waals surface area contributed by atoms with Crippen molar-refractivity contribution in [1.29, 1.82) is 0 Å². The van der Waals surface area contributed by atoms with Crippen LogP contribution in [-0.4, -0.2) is 59.4 Å². The predicted molar refractivity (Wildman–Crippen MR) is 68.4 cm³/mol. The number of likely N-dealkylation sites (tertiary alicyclic amines) is 1. The van der Waals surface area contributed by atoms with Crippen molar-refractivity contribution in [2.75, 3.05) is 26.2 Å². The number of piperidine rings is 1. The number of carboxylic acids is 1. The summed E-state index contributed by atoms with van der Waals surface area (Å²) in [6.07, 6.45) is 4.67. The molecule has 1 aliphatic heterocycles. The maximum atomic E-state index is 10.7. The van der Waals surface area contributed by atoms with Gasteiger partial charge >= 0.3 is 5.97 Å². The fraction of sp³-hybridized carbons (Fsp3) is 0.923. The molecule has 2 atom stereocenters. The quantitative estimate of drug-likeness (QED) is 0.610. The Morgan fingerprint density at radius 1 is 1.33 bits per heavy atom. The fourth-order valence-corrected chi connectivity index (χ4v) is 2.93. The van der Waals surface area contributed by atoms with Gasteiger partial charge in [0.25, 0.3) is 0 Å². The van der Waals surface area contributed by atoms with Crippen LogP contribution < -0.4 is 5.32 Å². The van der Waals surface area contributed by atoms with Crippen molar-refractivity contribution in [1.82, 2.24) is 10.2 Å². The molecule has 1 saturated carbocycles. The Hall–Kier alpha value is -0.650. The van der Waals surface area contributed by atoms with Crippen LogP contribution in [0.25, 0.3) is 0 Å². The summed E-state index contributed by atoms with van der Waals surface area (Å²) < 4.78 is 0. The van der Waals surface area contributed by atoms with Gasteiger partial charge in [-0.3, -0.25) is 9.69 Å². The minimum absolute atomic E-state index is 0.166. The summed E-state index contributed by atoms with van der Waals surface area (Å²) in [6.45, 7) is 2.90. The van der Waals surface area contributed by atoms with E-state index in [4.69, 9.17) is 10.2 Å². The lowest BCUT2D eigenvalue weighted by atomic mass is 9.90. The van der Waals surface area contributed by atoms with Crippen LogP contribution in [0.2, 0.25) is 0 Å². The van der Waals surface area contributed by atoms with E-state index in [-0.39, 0.29) is 13.0 Å². The molecule has 0 aromatic rings. The number of hydrogen-bond donors (Lipinski definition) is 3. The maximum Gasteiger partial charge on any atom is 0.303 e. The molecule has 0 radical (unpaired) electrons. The summed E-state index contributed by atoms with van der Waals surface area (Å²) >= 11 is 0. The highest BCUT2D eigenvalue weighted by atomic mass is 16.4. The lowest BCUT2D eigenvalue weighted by molar-refractivity contribution is -0.137. The second kappa shape index (κ2) is 6.50. The van der Waals surface area contributed by atoms with E-state index in [9.17, 15) is 4.79 Å². The van der Waals surface area contributed by atoms with Gasteiger partial charge in [0.2, 0.25) is 0 Å². The van der Waals surface area contributed by atoms with E-state index >= 15 is 0 Å². The van der Waals surface area contributed by atoms with Crippen LogP contribution in [0.1, 0.15) is 32.1 Å². The summed E-state index contributed by atoms with van der Waals surface area (Å²) in [6, 6.07) is 1.14. The van der Waals surface area contributed by atoms with E-state index in [1.807, 2.05) is 0 Å². The number of carboxylic acid groups (broad SMARTS) is 1. The van der Waals surface area contributed by atoms with E-state index in [1.165, 1.54) is 12.8 Å². The van der Waals surface area contributed by atoms with Crippen molar-refractivity contribution < 1.29 is 15.0 Å². The number of nitrogens with one attached hydrogen (secondary N) is 1. The molecular formula is C13H24N2O3. The van der Waals surface area contributed by atoms with Crippen molar-refractivity contribution >= 4 is 5.97 Å². The highest BCUT2D eigenvalue weighted by molar-refractivity contribution is 5.66. The maximum absolute atomic E-state index is 10.7. The van der Waals surface area contributed by atoms with E-state index in [2.05, 4.69) is 10.2 Å². The summed E-state index contributed by atoms with van der Waals surface area (Å²) in [4.78, 5) is 13.2. The summed E-state index contributed by atoms with van der Waals surface area (Å²) in [7, 11) is 0. The third-order valence-electron chi connectivity index (χ3n) is 3.94. The molecule has 1 heterocycles. The lowest BCUT2D eigenvalue weighted by Crippen LogP contribution is -2.50. The average molecular weight is 256 g/mol. The molecule has 0 aromatic carbocycles. The third kappa shape index (κ3) is 4.23. The molecule has 2 aliphatic rings. The van der Waals surface area contributed by atoms with Gasteiger partial charge in [0.1, 0.15) is 0 Å². The first-order valence-electron chi connectivity index (χ1n) is 6.99. The summed E-state index contributed by atoms with van der Waals surface area (Å²) in [5.41, 5.74) is 0. The molecule has 1 aliphatic carbocycles. The molecule has 0 aromatic heterocycles. The van der Waals surface area contributed by atoms with Gasteiger partial charge < -0.3 is 15.5 Å². The molecule has 0 amide bonds. The van der Waals surface area contributed by atoms with Crippen molar-refractivity contribution in [3.8, 4) is 0 Å². The molecule has 5 nitrogen and oxygen atoms in total. The van der Waals surface area contributed by atoms with Gasteiger partial charge in [-0.2, -0.15) is 0 Å². The molecule has 2 rings (SSSR count). The van der Waals surface area contributed by atoms with Gasteiger partial charge in [-0.1, -0.05) is 0 Å². The highest BCUT2D eigenvalue weighted by Crippen LogP contribution is 2.32. The second-order valence-electron chi connectivity index (χ2n) is 5.59. The Morgan fingerprint density at radius 3 is 2.72 bits per heavy atom. The standard InChI is InChI=1S/C13H24N2O3/c16-6-5-14-11-7-10(1-4-13(17)18)8-15(9-11)12-2-3-12/h10-12,14,16H,1-9H2,(H,17,18). The minimum Gasteiger partial charge on any atom is -0.481 e. The van der Waals surface area contributed by atoms with Gasteiger partial charge in [-0.05, 0) is 31.6 Å². The monoisotopic (exact) mass is 256 g/mol. The van der Waals surface area contributed by atoms with E-state index in [1.54, 1.807) is 0 Å². The first-order valence-corrected chi connectivity index (χ1v) is 6.99. The first-order chi connectivity index (χ1) is 8.69. The number of rotatable bonds is 7. The topological polar surface area (TPSA) is 72.8 Å². The van der Waals surface area contributed by atoms with Gasteiger partial charge in [0, 0.05) is 38.1 Å². The summed E-state index contributed by atoms with van der Waals surface area (Å²) in [5, 5.41) is 21.0. The van der Waals surface area contributed by atoms with Crippen molar-refractivity contribution in [3.05, 3.63) is 0 Å². The SMILES string of the molecule is O=C(O)CCC1CC(NCCO)CN(C2CC2)C1. The zero-order chi connectivity index (χ0) is 13.0. The van der Waals surface area contributed by atoms with Crippen LogP contribution in [0.15, 0.2) is 0 Å². The Morgan fingerprint density at radius 2 is 2.11 bits per heavy atom. The molecule has 0 bridgehead atoms. The number of aliphatic carboxylic acids is 1. The molecule has 2 fully saturated rings. The highest BCUT2D eigenvalue weighted by Gasteiger charge is 2.35. The minimum atomic E-state index is -0.696. The molecule has 2 unspecified atom stereocenters. The van der Waals surface area contributed by atoms with Crippen molar-refractivity contribution in [2.45, 2.75) is 44.2 Å². The van der Waals surface area contributed by atoms with Crippen molar-refractivity contribution in [3.63, 3.8) is 0 Å². The molecular weight excluding hydrogens is 232 g/mol. The fourth-order valence-electron chi connectivity index (χ4n) is 2.93. The number of aliphatic hydroxyl groups excluding tert-OH is 1. The number of nitrogens with zero attached hydrogens (tertiary/aromatic N) is 1. The zero-order valence-corrected chi connectivity index (χ0v) is 10.8. The lowest BCUT2D eigenvalue weighted by Gasteiger charge is -2.38. The number of aliphatic hydroxyl groups is 1. The Labute approximate surface area is 108 Å². The van der Waals surface area contributed by atoms with E-state index < -0.39 is 5.97 Å². The number of hydrogen-bond acceptors (Lipinski definition) is 4. The zero-order valence-electron chi connectivity index (χ0n) is 10.8. The van der Waals surface area contributed by atoms with Gasteiger partial charge in [0.15, 0.2) is 0 Å². The first kappa shape index (κ1) is 13.8. The molecule has 1 saturated heterocycles. The van der Waals surface area contributed by atoms with Crippen LogP contribution in [0.3, 0.4) is 0 Å². The predicted octanol–water partition coefficient (Wildman–Crippen LogP) is 0.286. The Bertz CT molecular complexity index is 281. The summed E-state index contributed by atoms with van der Waals surface area (Å²) in [5.74, 6) is -0.218. The van der Waals surface area contributed by atoms with Crippen LogP contribution in [0, 0.1) is 5.92 Å². The average Bonchev–Trinajstić information content (AvgIpc) is 3.18. The van der Waals surface area contributed by atoms with E-state index in [0.29, 0.717) is 18.5 Å². The van der Waals surface area contributed by atoms with Gasteiger partial charge in [0.05, 0.1) is 6.61 Å². The third-order valence-corrected chi connectivity index (χ3v) is 3.94. The second-order valence-corrected chi connectivity index (χ2v) is 5.59. The molecule has 5 heteroatoms. The molecule has 3 N–H and O–H groups in total. The smallest absolute Gasteiger partial charge is 0.303 e. The van der Waals surface area contributed by atoms with Gasteiger partial charge in [-0.15, -0.1) is 0 Å². The molecule has 0 spiro atoms.